The van der Waals surface area contributed by atoms with Gasteiger partial charge in [0.2, 0.25) is 10.0 Å². The Hall–Kier alpha value is -1.15. The highest BCUT2D eigenvalue weighted by atomic mass is 79.9. The summed E-state index contributed by atoms with van der Waals surface area (Å²) in [5.41, 5.74) is 0. The van der Waals surface area contributed by atoms with Crippen LogP contribution >= 0.6 is 15.9 Å². The van der Waals surface area contributed by atoms with Gasteiger partial charge in [-0.05, 0) is 36.8 Å². The first-order valence-corrected chi connectivity index (χ1v) is 8.71. The third-order valence-corrected chi connectivity index (χ3v) is 4.64. The Balaban J connectivity index is 1.70. The second-order valence-electron chi connectivity index (χ2n) is 4.34. The summed E-state index contributed by atoms with van der Waals surface area (Å²) in [7, 11) is -3.47. The molecule has 0 fully saturated rings. The van der Waals surface area contributed by atoms with Crippen LogP contribution < -0.4 is 4.72 Å². The van der Waals surface area contributed by atoms with Gasteiger partial charge in [0.1, 0.15) is 12.4 Å². The molecule has 2 rings (SSSR count). The molecule has 5 nitrogen and oxygen atoms in total. The summed E-state index contributed by atoms with van der Waals surface area (Å²) in [6.07, 6.45) is 2.18. The maximum atomic E-state index is 12.0. The Morgan fingerprint density at radius 3 is 2.81 bits per heavy atom. The number of rotatable bonds is 8. The SMILES string of the molecule is O=S(=O)(NCCCOCc1ccco1)c1cccc(Br)c1. The molecule has 0 aliphatic rings. The van der Waals surface area contributed by atoms with Crippen LogP contribution in [0.15, 0.2) is 56.4 Å². The van der Waals surface area contributed by atoms with Crippen molar-refractivity contribution in [3.05, 3.63) is 52.9 Å². The van der Waals surface area contributed by atoms with E-state index in [1.165, 1.54) is 0 Å². The van der Waals surface area contributed by atoms with Crippen molar-refractivity contribution in [3.8, 4) is 0 Å². The van der Waals surface area contributed by atoms with E-state index < -0.39 is 10.0 Å². The van der Waals surface area contributed by atoms with Gasteiger partial charge in [-0.2, -0.15) is 0 Å². The quantitative estimate of drug-likeness (QED) is 0.722. The minimum Gasteiger partial charge on any atom is -0.467 e. The van der Waals surface area contributed by atoms with Gasteiger partial charge in [0.05, 0.1) is 11.2 Å². The van der Waals surface area contributed by atoms with Crippen molar-refractivity contribution >= 4 is 26.0 Å². The highest BCUT2D eigenvalue weighted by molar-refractivity contribution is 9.10. The van der Waals surface area contributed by atoms with Gasteiger partial charge in [-0.1, -0.05) is 22.0 Å². The minimum absolute atomic E-state index is 0.244. The number of hydrogen-bond acceptors (Lipinski definition) is 4. The van der Waals surface area contributed by atoms with Crippen molar-refractivity contribution in [2.75, 3.05) is 13.2 Å². The Labute approximate surface area is 132 Å². The molecule has 21 heavy (non-hydrogen) atoms. The third kappa shape index (κ3) is 5.28. The zero-order valence-electron chi connectivity index (χ0n) is 11.3. The van der Waals surface area contributed by atoms with Crippen LogP contribution in [-0.4, -0.2) is 21.6 Å². The molecule has 0 saturated heterocycles. The number of ether oxygens (including phenoxy) is 1. The van der Waals surface area contributed by atoms with Gasteiger partial charge in [0.15, 0.2) is 0 Å². The summed E-state index contributed by atoms with van der Waals surface area (Å²) < 4.78 is 37.8. The van der Waals surface area contributed by atoms with Crippen molar-refractivity contribution in [2.45, 2.75) is 17.9 Å². The molecule has 1 aromatic carbocycles. The Morgan fingerprint density at radius 2 is 2.10 bits per heavy atom. The van der Waals surface area contributed by atoms with Crippen LogP contribution in [0, 0.1) is 0 Å². The topological polar surface area (TPSA) is 68.5 Å². The smallest absolute Gasteiger partial charge is 0.240 e. The van der Waals surface area contributed by atoms with E-state index in [0.717, 1.165) is 10.2 Å². The van der Waals surface area contributed by atoms with Crippen LogP contribution in [0.25, 0.3) is 0 Å². The molecule has 1 N–H and O–H groups in total. The highest BCUT2D eigenvalue weighted by Crippen LogP contribution is 2.15. The van der Waals surface area contributed by atoms with Gasteiger partial charge < -0.3 is 9.15 Å². The Bertz CT molecular complexity index is 655. The molecule has 0 atom stereocenters. The molecule has 0 unspecified atom stereocenters. The molecular weight excluding hydrogens is 358 g/mol. The number of benzene rings is 1. The van der Waals surface area contributed by atoms with E-state index in [1.807, 2.05) is 6.07 Å². The van der Waals surface area contributed by atoms with E-state index in [2.05, 4.69) is 20.7 Å². The third-order valence-electron chi connectivity index (χ3n) is 2.69. The summed E-state index contributed by atoms with van der Waals surface area (Å²) >= 11 is 3.25. The van der Waals surface area contributed by atoms with E-state index in [0.29, 0.717) is 26.2 Å². The van der Waals surface area contributed by atoms with Crippen LogP contribution in [0.4, 0.5) is 0 Å². The fraction of sp³-hybridized carbons (Fsp3) is 0.286. The molecule has 114 valence electrons. The van der Waals surface area contributed by atoms with Crippen LogP contribution in [0.1, 0.15) is 12.2 Å². The van der Waals surface area contributed by atoms with Crippen molar-refractivity contribution in [2.24, 2.45) is 0 Å². The minimum atomic E-state index is -3.47. The molecule has 0 spiro atoms. The van der Waals surface area contributed by atoms with Gasteiger partial charge >= 0.3 is 0 Å². The van der Waals surface area contributed by atoms with E-state index in [9.17, 15) is 8.42 Å². The zero-order valence-corrected chi connectivity index (χ0v) is 13.7. The van der Waals surface area contributed by atoms with E-state index in [4.69, 9.17) is 9.15 Å². The standard InChI is InChI=1S/C14H16BrNO4S/c15-12-4-1-6-14(10-12)21(17,18)16-7-3-8-19-11-13-5-2-9-20-13/h1-2,4-6,9-10,16H,3,7-8,11H2. The largest absolute Gasteiger partial charge is 0.467 e. The fourth-order valence-corrected chi connectivity index (χ4v) is 3.34. The summed E-state index contributed by atoms with van der Waals surface area (Å²) in [6.45, 7) is 1.18. The molecule has 7 heteroatoms. The maximum Gasteiger partial charge on any atom is 0.240 e. The molecule has 0 aliphatic heterocycles. The maximum absolute atomic E-state index is 12.0. The Morgan fingerprint density at radius 1 is 1.24 bits per heavy atom. The van der Waals surface area contributed by atoms with Gasteiger partial charge in [0.25, 0.3) is 0 Å². The first kappa shape index (κ1) is 16.2. The van der Waals surface area contributed by atoms with Crippen LogP contribution in [0.3, 0.4) is 0 Å². The second kappa shape index (κ2) is 7.74. The fourth-order valence-electron chi connectivity index (χ4n) is 1.67. The average molecular weight is 374 g/mol. The molecule has 0 amide bonds. The molecule has 0 bridgehead atoms. The van der Waals surface area contributed by atoms with Crippen molar-refractivity contribution in [3.63, 3.8) is 0 Å². The highest BCUT2D eigenvalue weighted by Gasteiger charge is 2.13. The number of halogens is 1. The first-order valence-electron chi connectivity index (χ1n) is 6.43. The summed E-state index contributed by atoms with van der Waals surface area (Å²) in [6, 6.07) is 10.2. The second-order valence-corrected chi connectivity index (χ2v) is 7.02. The van der Waals surface area contributed by atoms with Gasteiger partial charge in [-0.15, -0.1) is 0 Å². The lowest BCUT2D eigenvalue weighted by molar-refractivity contribution is 0.105. The molecule has 1 aromatic heterocycles. The lowest BCUT2D eigenvalue weighted by atomic mass is 10.4. The molecule has 0 saturated carbocycles. The normalized spacial score (nSPS) is 11.7. The molecule has 2 aromatic rings. The lowest BCUT2D eigenvalue weighted by Gasteiger charge is -2.07. The molecule has 0 aliphatic carbocycles. The molecule has 0 radical (unpaired) electrons. The number of sulfonamides is 1. The van der Waals surface area contributed by atoms with Crippen LogP contribution in [0.5, 0.6) is 0 Å². The summed E-state index contributed by atoms with van der Waals surface area (Å²) in [5, 5.41) is 0. The van der Waals surface area contributed by atoms with Crippen molar-refractivity contribution in [1.29, 1.82) is 0 Å². The summed E-state index contributed by atoms with van der Waals surface area (Å²) in [5.74, 6) is 0.754. The van der Waals surface area contributed by atoms with E-state index in [-0.39, 0.29) is 4.90 Å². The predicted octanol–water partition coefficient (Wildman–Crippen LogP) is 2.93. The first-order chi connectivity index (χ1) is 10.1. The summed E-state index contributed by atoms with van der Waals surface area (Å²) in [4.78, 5) is 0.244. The van der Waals surface area contributed by atoms with Crippen molar-refractivity contribution < 1.29 is 17.6 Å². The number of hydrogen-bond donors (Lipinski definition) is 1. The van der Waals surface area contributed by atoms with Crippen LogP contribution in [-0.2, 0) is 21.4 Å². The number of furan rings is 1. The predicted molar refractivity (Wildman–Crippen MR) is 82.3 cm³/mol. The van der Waals surface area contributed by atoms with Gasteiger partial charge in [-0.25, -0.2) is 13.1 Å². The van der Waals surface area contributed by atoms with Gasteiger partial charge in [-0.3, -0.25) is 0 Å². The number of nitrogens with one attached hydrogen (secondary N) is 1. The van der Waals surface area contributed by atoms with Crippen LogP contribution in [0.2, 0.25) is 0 Å². The molecule has 1 heterocycles. The average Bonchev–Trinajstić information content (AvgIpc) is 2.96. The lowest BCUT2D eigenvalue weighted by Crippen LogP contribution is -2.25. The van der Waals surface area contributed by atoms with E-state index in [1.54, 1.807) is 36.6 Å². The van der Waals surface area contributed by atoms with E-state index >= 15 is 0 Å². The van der Waals surface area contributed by atoms with Crippen molar-refractivity contribution in [1.82, 2.24) is 4.72 Å². The van der Waals surface area contributed by atoms with Gasteiger partial charge in [0, 0.05) is 17.6 Å². The Kier molecular flexibility index (Phi) is 5.98. The monoisotopic (exact) mass is 373 g/mol. The molecular formula is C14H16BrNO4S. The zero-order chi connectivity index (χ0) is 15.1.